The molecule has 4 heteroatoms. The number of aryl methyl sites for hydroxylation is 1. The van der Waals surface area contributed by atoms with Crippen LogP contribution in [0.15, 0.2) is 42.5 Å². The Kier molecular flexibility index (Phi) is 4.55. The molecular formula is C21H24FNO2. The maximum atomic E-state index is 15.2. The highest BCUT2D eigenvalue weighted by atomic mass is 19.1. The molecule has 2 atom stereocenters. The Balaban J connectivity index is 2.04. The van der Waals surface area contributed by atoms with Crippen LogP contribution in [0.1, 0.15) is 42.3 Å². The monoisotopic (exact) mass is 341 g/mol. The van der Waals surface area contributed by atoms with Crippen molar-refractivity contribution in [3.8, 4) is 0 Å². The second-order valence-electron chi connectivity index (χ2n) is 7.34. The molecule has 2 unspecified atom stereocenters. The van der Waals surface area contributed by atoms with Gasteiger partial charge in [-0.3, -0.25) is 0 Å². The predicted octanol–water partition coefficient (Wildman–Crippen LogP) is 4.70. The van der Waals surface area contributed by atoms with Gasteiger partial charge in [0.25, 0.3) is 0 Å². The first-order chi connectivity index (χ1) is 11.8. The minimum absolute atomic E-state index is 0.134. The number of rotatable bonds is 5. The highest BCUT2D eigenvalue weighted by Gasteiger charge is 2.53. The van der Waals surface area contributed by atoms with E-state index in [4.69, 9.17) is 0 Å². The average Bonchev–Trinajstić information content (AvgIpc) is 2.84. The number of alkyl halides is 1. The molecule has 0 saturated heterocycles. The molecule has 0 heterocycles. The summed E-state index contributed by atoms with van der Waals surface area (Å²) in [6.45, 7) is 6.24. The first kappa shape index (κ1) is 17.5. The first-order valence-corrected chi connectivity index (χ1v) is 8.67. The summed E-state index contributed by atoms with van der Waals surface area (Å²) >= 11 is 0. The summed E-state index contributed by atoms with van der Waals surface area (Å²) in [5.41, 5.74) is 2.42. The second-order valence-corrected chi connectivity index (χ2v) is 7.34. The molecule has 0 bridgehead atoms. The van der Waals surface area contributed by atoms with E-state index in [1.54, 1.807) is 18.2 Å². The summed E-state index contributed by atoms with van der Waals surface area (Å²) in [6.07, 6.45) is -0.641. The zero-order chi connectivity index (χ0) is 18.2. The summed E-state index contributed by atoms with van der Waals surface area (Å²) in [7, 11) is 0. The van der Waals surface area contributed by atoms with Gasteiger partial charge < -0.3 is 10.4 Å². The van der Waals surface area contributed by atoms with E-state index in [-0.39, 0.29) is 6.42 Å². The number of benzene rings is 2. The van der Waals surface area contributed by atoms with Crippen molar-refractivity contribution in [1.29, 1.82) is 0 Å². The molecule has 2 aromatic carbocycles. The Hall–Kier alpha value is -2.36. The van der Waals surface area contributed by atoms with Gasteiger partial charge in [-0.25, -0.2) is 9.18 Å². The molecule has 2 aromatic rings. The maximum absolute atomic E-state index is 15.2. The molecule has 1 aliphatic carbocycles. The Bertz CT molecular complexity index is 802. The van der Waals surface area contributed by atoms with Gasteiger partial charge in [-0.05, 0) is 47.6 Å². The fourth-order valence-electron chi connectivity index (χ4n) is 3.68. The van der Waals surface area contributed by atoms with Crippen molar-refractivity contribution in [1.82, 2.24) is 0 Å². The normalized spacial score (nSPS) is 22.0. The third-order valence-electron chi connectivity index (χ3n) is 4.99. The molecule has 0 saturated carbocycles. The summed E-state index contributed by atoms with van der Waals surface area (Å²) < 4.78 is 15.2. The number of anilines is 1. The molecule has 1 aliphatic rings. The van der Waals surface area contributed by atoms with Gasteiger partial charge in [0.15, 0.2) is 11.7 Å². The van der Waals surface area contributed by atoms with Gasteiger partial charge in [0.2, 0.25) is 0 Å². The Morgan fingerprint density at radius 1 is 1.28 bits per heavy atom. The molecule has 0 spiro atoms. The van der Waals surface area contributed by atoms with Crippen molar-refractivity contribution in [2.45, 2.75) is 45.3 Å². The summed E-state index contributed by atoms with van der Waals surface area (Å²) in [4.78, 5) is 12.1. The molecule has 0 amide bonds. The fraction of sp³-hybridized carbons (Fsp3) is 0.381. The number of fused-ring (bicyclic) bond motifs is 1. The molecule has 0 radical (unpaired) electrons. The van der Waals surface area contributed by atoms with Crippen LogP contribution in [0, 0.1) is 12.8 Å². The number of hydrogen-bond acceptors (Lipinski definition) is 2. The van der Waals surface area contributed by atoms with Crippen LogP contribution in [0.4, 0.5) is 10.1 Å². The van der Waals surface area contributed by atoms with E-state index in [0.717, 1.165) is 23.1 Å². The lowest BCUT2D eigenvalue weighted by molar-refractivity contribution is -0.144. The first-order valence-electron chi connectivity index (χ1n) is 8.67. The molecule has 3 nitrogen and oxygen atoms in total. The van der Waals surface area contributed by atoms with Gasteiger partial charge in [-0.2, -0.15) is 0 Å². The maximum Gasteiger partial charge on any atom is 0.333 e. The van der Waals surface area contributed by atoms with Crippen LogP contribution in [0.5, 0.6) is 0 Å². The highest BCUT2D eigenvalue weighted by Crippen LogP contribution is 2.44. The van der Waals surface area contributed by atoms with Crippen LogP contribution in [-0.2, 0) is 17.6 Å². The van der Waals surface area contributed by atoms with Crippen molar-refractivity contribution >= 4 is 11.7 Å². The summed E-state index contributed by atoms with van der Waals surface area (Å²) in [5.74, 6) is -0.738. The van der Waals surface area contributed by atoms with Crippen molar-refractivity contribution < 1.29 is 14.3 Å². The molecule has 132 valence electrons. The molecule has 3 rings (SSSR count). The second kappa shape index (κ2) is 6.51. The number of carbonyl (C=O) groups is 1. The van der Waals surface area contributed by atoms with Crippen LogP contribution in [0.3, 0.4) is 0 Å². The van der Waals surface area contributed by atoms with E-state index < -0.39 is 17.7 Å². The standard InChI is InChI=1S/C21H24FNO2/c1-13(2)11-17-14(3)7-6-10-18(17)23-21(20(24)25)12-15-8-4-5-9-16(15)19(21)22/h4-10,13,19,23H,11-12H2,1-3H3,(H,24,25). The van der Waals surface area contributed by atoms with Gasteiger partial charge >= 0.3 is 5.97 Å². The molecule has 0 aromatic heterocycles. The Morgan fingerprint density at radius 3 is 2.64 bits per heavy atom. The predicted molar refractivity (Wildman–Crippen MR) is 97.7 cm³/mol. The van der Waals surface area contributed by atoms with Crippen LogP contribution < -0.4 is 5.32 Å². The minimum Gasteiger partial charge on any atom is -0.479 e. The Morgan fingerprint density at radius 2 is 2.00 bits per heavy atom. The van der Waals surface area contributed by atoms with E-state index in [2.05, 4.69) is 19.2 Å². The zero-order valence-electron chi connectivity index (χ0n) is 14.8. The molecule has 0 fully saturated rings. The highest BCUT2D eigenvalue weighted by molar-refractivity contribution is 5.86. The minimum atomic E-state index is -1.66. The van der Waals surface area contributed by atoms with E-state index in [1.165, 1.54) is 0 Å². The topological polar surface area (TPSA) is 49.3 Å². The molecular weight excluding hydrogens is 317 g/mol. The number of halogens is 1. The number of carboxylic acids is 1. The quantitative estimate of drug-likeness (QED) is 0.829. The molecule has 2 N–H and O–H groups in total. The lowest BCUT2D eigenvalue weighted by Gasteiger charge is -2.31. The van der Waals surface area contributed by atoms with E-state index >= 15 is 4.39 Å². The number of carboxylic acid groups (broad SMARTS) is 1. The smallest absolute Gasteiger partial charge is 0.333 e. The zero-order valence-corrected chi connectivity index (χ0v) is 14.8. The van der Waals surface area contributed by atoms with Crippen molar-refractivity contribution in [3.05, 3.63) is 64.7 Å². The number of nitrogens with one attached hydrogen (secondary N) is 1. The Labute approximate surface area is 147 Å². The van der Waals surface area contributed by atoms with Crippen LogP contribution >= 0.6 is 0 Å². The van der Waals surface area contributed by atoms with Gasteiger partial charge in [0.1, 0.15) is 0 Å². The van der Waals surface area contributed by atoms with Gasteiger partial charge in [0.05, 0.1) is 0 Å². The van der Waals surface area contributed by atoms with Gasteiger partial charge in [-0.1, -0.05) is 50.2 Å². The summed E-state index contributed by atoms with van der Waals surface area (Å²) in [5, 5.41) is 13.0. The summed E-state index contributed by atoms with van der Waals surface area (Å²) in [6, 6.07) is 12.8. The average molecular weight is 341 g/mol. The van der Waals surface area contributed by atoms with Gasteiger partial charge in [-0.15, -0.1) is 0 Å². The third kappa shape index (κ3) is 3.01. The lowest BCUT2D eigenvalue weighted by Crippen LogP contribution is -2.49. The van der Waals surface area contributed by atoms with Crippen molar-refractivity contribution in [2.24, 2.45) is 5.92 Å². The van der Waals surface area contributed by atoms with Crippen LogP contribution in [-0.4, -0.2) is 16.6 Å². The van der Waals surface area contributed by atoms with E-state index in [0.29, 0.717) is 17.2 Å². The molecule has 0 aliphatic heterocycles. The van der Waals surface area contributed by atoms with Gasteiger partial charge in [0, 0.05) is 12.1 Å². The van der Waals surface area contributed by atoms with Crippen molar-refractivity contribution in [2.75, 3.05) is 5.32 Å². The fourth-order valence-corrected chi connectivity index (χ4v) is 3.68. The number of aliphatic carboxylic acids is 1. The SMILES string of the molecule is Cc1cccc(NC2(C(=O)O)Cc3ccccc3C2F)c1CC(C)C. The van der Waals surface area contributed by atoms with E-state index in [9.17, 15) is 9.90 Å². The van der Waals surface area contributed by atoms with E-state index in [1.807, 2.05) is 31.2 Å². The largest absolute Gasteiger partial charge is 0.479 e. The van der Waals surface area contributed by atoms with Crippen molar-refractivity contribution in [3.63, 3.8) is 0 Å². The molecule has 25 heavy (non-hydrogen) atoms. The van der Waals surface area contributed by atoms with Crippen LogP contribution in [0.25, 0.3) is 0 Å². The number of hydrogen-bond donors (Lipinski definition) is 2. The third-order valence-corrected chi connectivity index (χ3v) is 4.99. The van der Waals surface area contributed by atoms with Crippen LogP contribution in [0.2, 0.25) is 0 Å². The lowest BCUT2D eigenvalue weighted by atomic mass is 9.91.